The number of nitrogens with one attached hydrogen (secondary N) is 2. The second-order valence-corrected chi connectivity index (χ2v) is 6.65. The summed E-state index contributed by atoms with van der Waals surface area (Å²) in [6.45, 7) is 5.35. The molecule has 0 aromatic heterocycles. The van der Waals surface area contributed by atoms with Crippen LogP contribution in [-0.2, 0) is 10.2 Å². The molecule has 0 saturated heterocycles. The van der Waals surface area contributed by atoms with E-state index in [2.05, 4.69) is 46.5 Å². The highest BCUT2D eigenvalue weighted by atomic mass is 79.9. The van der Waals surface area contributed by atoms with Gasteiger partial charge >= 0.3 is 0 Å². The summed E-state index contributed by atoms with van der Waals surface area (Å²) in [5, 5.41) is 6.23. The quantitative estimate of drug-likeness (QED) is 0.844. The summed E-state index contributed by atoms with van der Waals surface area (Å²) in [7, 11) is 0. The Morgan fingerprint density at radius 2 is 2.05 bits per heavy atom. The van der Waals surface area contributed by atoms with Crippen LogP contribution in [0, 0.1) is 0 Å². The molecular formula is C15H21BrN2O. The van der Waals surface area contributed by atoms with Gasteiger partial charge in [0, 0.05) is 22.5 Å². The third-order valence-corrected chi connectivity index (χ3v) is 4.15. The minimum absolute atomic E-state index is 0.0760. The molecule has 3 nitrogen and oxygen atoms in total. The molecule has 104 valence electrons. The predicted molar refractivity (Wildman–Crippen MR) is 81.2 cm³/mol. The van der Waals surface area contributed by atoms with Crippen LogP contribution in [0.1, 0.15) is 32.3 Å². The van der Waals surface area contributed by atoms with Crippen LogP contribution in [0.15, 0.2) is 28.7 Å². The van der Waals surface area contributed by atoms with E-state index in [1.807, 2.05) is 18.2 Å². The van der Waals surface area contributed by atoms with Crippen molar-refractivity contribution in [1.82, 2.24) is 10.6 Å². The zero-order chi connectivity index (χ0) is 13.9. The molecule has 1 saturated carbocycles. The van der Waals surface area contributed by atoms with E-state index in [1.54, 1.807) is 0 Å². The molecule has 0 atom stereocenters. The van der Waals surface area contributed by atoms with Crippen molar-refractivity contribution in [3.05, 3.63) is 34.3 Å². The Bertz CT molecular complexity index is 455. The number of rotatable bonds is 6. The SMILES string of the molecule is CC(C)(CNC(=O)CNC1CC1)c1ccccc1Br. The maximum absolute atomic E-state index is 11.8. The minimum atomic E-state index is -0.0880. The Hall–Kier alpha value is -0.870. The van der Waals surface area contributed by atoms with E-state index in [9.17, 15) is 4.79 Å². The summed E-state index contributed by atoms with van der Waals surface area (Å²) in [6, 6.07) is 8.73. The van der Waals surface area contributed by atoms with Gasteiger partial charge in [0.2, 0.25) is 5.91 Å². The van der Waals surface area contributed by atoms with Crippen LogP contribution in [0.25, 0.3) is 0 Å². The summed E-state index contributed by atoms with van der Waals surface area (Å²) < 4.78 is 1.09. The summed E-state index contributed by atoms with van der Waals surface area (Å²) in [6.07, 6.45) is 2.41. The molecule has 19 heavy (non-hydrogen) atoms. The van der Waals surface area contributed by atoms with Crippen LogP contribution < -0.4 is 10.6 Å². The van der Waals surface area contributed by atoms with Gasteiger partial charge in [-0.25, -0.2) is 0 Å². The molecule has 0 spiro atoms. The second kappa shape index (κ2) is 6.06. The second-order valence-electron chi connectivity index (χ2n) is 5.80. The minimum Gasteiger partial charge on any atom is -0.354 e. The van der Waals surface area contributed by atoms with Crippen LogP contribution in [-0.4, -0.2) is 25.0 Å². The highest BCUT2D eigenvalue weighted by molar-refractivity contribution is 9.10. The highest BCUT2D eigenvalue weighted by Crippen LogP contribution is 2.29. The molecule has 0 unspecified atom stereocenters. The molecule has 1 aliphatic carbocycles. The van der Waals surface area contributed by atoms with E-state index in [4.69, 9.17) is 0 Å². The molecule has 0 radical (unpaired) electrons. The van der Waals surface area contributed by atoms with E-state index in [1.165, 1.54) is 18.4 Å². The summed E-state index contributed by atoms with van der Waals surface area (Å²) in [5.74, 6) is 0.0760. The van der Waals surface area contributed by atoms with E-state index in [0.29, 0.717) is 19.1 Å². The number of hydrogen-bond acceptors (Lipinski definition) is 2. The Labute approximate surface area is 123 Å². The van der Waals surface area contributed by atoms with E-state index in [-0.39, 0.29) is 11.3 Å². The number of halogens is 1. The maximum Gasteiger partial charge on any atom is 0.233 e. The largest absolute Gasteiger partial charge is 0.354 e. The molecule has 1 aliphatic rings. The Morgan fingerprint density at radius 1 is 1.37 bits per heavy atom. The van der Waals surface area contributed by atoms with Crippen molar-refractivity contribution in [3.8, 4) is 0 Å². The fourth-order valence-electron chi connectivity index (χ4n) is 2.01. The number of amides is 1. The van der Waals surface area contributed by atoms with Gasteiger partial charge in [0.05, 0.1) is 6.54 Å². The fraction of sp³-hybridized carbons (Fsp3) is 0.533. The number of carbonyl (C=O) groups excluding carboxylic acids is 1. The Morgan fingerprint density at radius 3 is 2.68 bits per heavy atom. The van der Waals surface area contributed by atoms with Gasteiger partial charge in [-0.05, 0) is 24.5 Å². The lowest BCUT2D eigenvalue weighted by atomic mass is 9.84. The fourth-order valence-corrected chi connectivity index (χ4v) is 2.83. The van der Waals surface area contributed by atoms with Gasteiger partial charge in [0.15, 0.2) is 0 Å². The molecule has 0 aliphatic heterocycles. The predicted octanol–water partition coefficient (Wildman–Crippen LogP) is 2.59. The summed E-state index contributed by atoms with van der Waals surface area (Å²) in [5.41, 5.74) is 1.13. The van der Waals surface area contributed by atoms with Gasteiger partial charge in [0.1, 0.15) is 0 Å². The van der Waals surface area contributed by atoms with Crippen molar-refractivity contribution in [2.45, 2.75) is 38.1 Å². The van der Waals surface area contributed by atoms with Crippen LogP contribution in [0.2, 0.25) is 0 Å². The van der Waals surface area contributed by atoms with Crippen molar-refractivity contribution >= 4 is 21.8 Å². The summed E-state index contributed by atoms with van der Waals surface area (Å²) >= 11 is 3.57. The number of hydrogen-bond donors (Lipinski definition) is 2. The van der Waals surface area contributed by atoms with Crippen molar-refractivity contribution in [2.75, 3.05) is 13.1 Å². The molecule has 0 heterocycles. The average molecular weight is 325 g/mol. The van der Waals surface area contributed by atoms with Gasteiger partial charge in [-0.2, -0.15) is 0 Å². The van der Waals surface area contributed by atoms with Crippen LogP contribution >= 0.6 is 15.9 Å². The zero-order valence-electron chi connectivity index (χ0n) is 11.5. The first-order chi connectivity index (χ1) is 8.99. The van der Waals surface area contributed by atoms with Gasteiger partial charge in [-0.3, -0.25) is 4.79 Å². The molecule has 1 aromatic carbocycles. The first kappa shape index (κ1) is 14.5. The number of benzene rings is 1. The highest BCUT2D eigenvalue weighted by Gasteiger charge is 2.24. The Balaban J connectivity index is 1.86. The van der Waals surface area contributed by atoms with Gasteiger partial charge in [-0.1, -0.05) is 48.0 Å². The smallest absolute Gasteiger partial charge is 0.233 e. The van der Waals surface area contributed by atoms with Gasteiger partial charge in [-0.15, -0.1) is 0 Å². The molecular weight excluding hydrogens is 304 g/mol. The summed E-state index contributed by atoms with van der Waals surface area (Å²) in [4.78, 5) is 11.8. The van der Waals surface area contributed by atoms with E-state index < -0.39 is 0 Å². The zero-order valence-corrected chi connectivity index (χ0v) is 13.1. The normalized spacial score (nSPS) is 15.3. The van der Waals surface area contributed by atoms with Crippen molar-refractivity contribution < 1.29 is 4.79 Å². The lowest BCUT2D eigenvalue weighted by molar-refractivity contribution is -0.120. The number of carbonyl (C=O) groups is 1. The van der Waals surface area contributed by atoms with Gasteiger partial charge < -0.3 is 10.6 Å². The Kier molecular flexibility index (Phi) is 4.63. The molecule has 2 N–H and O–H groups in total. The molecule has 4 heteroatoms. The molecule has 0 bridgehead atoms. The monoisotopic (exact) mass is 324 g/mol. The van der Waals surface area contributed by atoms with Crippen LogP contribution in [0.3, 0.4) is 0 Å². The topological polar surface area (TPSA) is 41.1 Å². The van der Waals surface area contributed by atoms with Crippen LogP contribution in [0.4, 0.5) is 0 Å². The molecule has 1 amide bonds. The third kappa shape index (κ3) is 4.32. The first-order valence-electron chi connectivity index (χ1n) is 6.74. The maximum atomic E-state index is 11.8. The van der Waals surface area contributed by atoms with Crippen molar-refractivity contribution in [2.24, 2.45) is 0 Å². The lowest BCUT2D eigenvalue weighted by Gasteiger charge is -2.27. The van der Waals surface area contributed by atoms with Gasteiger partial charge in [0.25, 0.3) is 0 Å². The average Bonchev–Trinajstić information content (AvgIpc) is 3.18. The van der Waals surface area contributed by atoms with Crippen LogP contribution in [0.5, 0.6) is 0 Å². The third-order valence-electron chi connectivity index (χ3n) is 3.46. The standard InChI is InChI=1S/C15H21BrN2O/c1-15(2,12-5-3-4-6-13(12)16)10-18-14(19)9-17-11-7-8-11/h3-6,11,17H,7-10H2,1-2H3,(H,18,19). The van der Waals surface area contributed by atoms with Crippen molar-refractivity contribution in [1.29, 1.82) is 0 Å². The molecule has 1 aromatic rings. The molecule has 2 rings (SSSR count). The first-order valence-corrected chi connectivity index (χ1v) is 7.53. The van der Waals surface area contributed by atoms with Crippen molar-refractivity contribution in [3.63, 3.8) is 0 Å². The van der Waals surface area contributed by atoms with E-state index in [0.717, 1.165) is 4.47 Å². The lowest BCUT2D eigenvalue weighted by Crippen LogP contribution is -2.41. The van der Waals surface area contributed by atoms with E-state index >= 15 is 0 Å². The molecule has 1 fully saturated rings.